The summed E-state index contributed by atoms with van der Waals surface area (Å²) in [6.07, 6.45) is 10.5. The number of nitrogens with zero attached hydrogens (tertiary/aromatic N) is 2. The predicted octanol–water partition coefficient (Wildman–Crippen LogP) is 2.80. The molecule has 1 fully saturated rings. The summed E-state index contributed by atoms with van der Waals surface area (Å²) in [6.45, 7) is 0.731. The van der Waals surface area contributed by atoms with E-state index in [9.17, 15) is 4.79 Å². The molecule has 192 valence electrons. The topological polar surface area (TPSA) is 134 Å². The summed E-state index contributed by atoms with van der Waals surface area (Å²) in [5, 5.41) is 19.6. The second kappa shape index (κ2) is 10.6. The molecule has 3 aliphatic carbocycles. The van der Waals surface area contributed by atoms with Crippen LogP contribution >= 0.6 is 11.6 Å². The van der Waals surface area contributed by atoms with Gasteiger partial charge in [-0.2, -0.15) is 4.98 Å². The van der Waals surface area contributed by atoms with E-state index in [2.05, 4.69) is 44.1 Å². The molecule has 9 nitrogen and oxygen atoms in total. The smallest absolute Gasteiger partial charge is 0.229 e. The van der Waals surface area contributed by atoms with Gasteiger partial charge in [-0.15, -0.1) is 0 Å². The summed E-state index contributed by atoms with van der Waals surface area (Å²) in [4.78, 5) is 21.1. The van der Waals surface area contributed by atoms with Crippen molar-refractivity contribution in [3.63, 3.8) is 0 Å². The van der Waals surface area contributed by atoms with Crippen molar-refractivity contribution in [2.45, 2.75) is 44.2 Å². The van der Waals surface area contributed by atoms with E-state index < -0.39 is 0 Å². The summed E-state index contributed by atoms with van der Waals surface area (Å²) < 4.78 is 5.84. The normalized spacial score (nSPS) is 26.4. The number of carbonyl (C=O) groups excluding carboxylic acids is 1. The van der Waals surface area contributed by atoms with Crippen LogP contribution in [0.25, 0.3) is 0 Å². The maximum Gasteiger partial charge on any atom is 0.229 e. The third kappa shape index (κ3) is 4.87. The molecule has 6 N–H and O–H groups in total. The molecule has 1 unspecified atom stereocenters. The Labute approximate surface area is 215 Å². The van der Waals surface area contributed by atoms with E-state index in [0.29, 0.717) is 29.4 Å². The second-order valence-electron chi connectivity index (χ2n) is 9.82. The van der Waals surface area contributed by atoms with Gasteiger partial charge in [0.25, 0.3) is 0 Å². The molecule has 1 amide bonds. The summed E-state index contributed by atoms with van der Waals surface area (Å²) in [6, 6.07) is 4.29. The number of fused-ring (bicyclic) bond motifs is 3. The number of halogens is 1. The average Bonchev–Trinajstić information content (AvgIpc) is 3.41. The summed E-state index contributed by atoms with van der Waals surface area (Å²) >= 11 is 6.43. The lowest BCUT2D eigenvalue weighted by molar-refractivity contribution is -0.122. The molecule has 0 saturated heterocycles. The van der Waals surface area contributed by atoms with Gasteiger partial charge in [-0.05, 0) is 61.1 Å². The molecule has 2 bridgehead atoms. The molecule has 3 aliphatic rings. The highest BCUT2D eigenvalue weighted by Crippen LogP contribution is 2.45. The van der Waals surface area contributed by atoms with Crippen LogP contribution in [-0.4, -0.2) is 53.3 Å². The Balaban J connectivity index is 1.37. The lowest BCUT2D eigenvalue weighted by Crippen LogP contribution is -2.41. The van der Waals surface area contributed by atoms with E-state index in [0.717, 1.165) is 43.5 Å². The highest BCUT2D eigenvalue weighted by atomic mass is 35.5. The van der Waals surface area contributed by atoms with Gasteiger partial charge in [0.1, 0.15) is 10.8 Å². The molecule has 1 saturated carbocycles. The number of methoxy groups -OCH3 is 1. The van der Waals surface area contributed by atoms with Crippen LogP contribution in [-0.2, 0) is 17.6 Å². The van der Waals surface area contributed by atoms with E-state index in [-0.39, 0.29) is 36.3 Å². The minimum absolute atomic E-state index is 0.134. The zero-order chi connectivity index (χ0) is 25.2. The van der Waals surface area contributed by atoms with Crippen LogP contribution < -0.4 is 26.4 Å². The van der Waals surface area contributed by atoms with Crippen LogP contribution in [0.1, 0.15) is 30.4 Å². The fraction of sp³-hybridized carbons (Fsp3) is 0.500. The maximum absolute atomic E-state index is 12.1. The van der Waals surface area contributed by atoms with Crippen LogP contribution in [0, 0.1) is 17.8 Å². The molecule has 0 aliphatic heterocycles. The number of rotatable bonds is 9. The van der Waals surface area contributed by atoms with Crippen molar-refractivity contribution < 1.29 is 14.6 Å². The number of ether oxygens (including phenoxy) is 1. The number of aromatic nitrogens is 2. The highest BCUT2D eigenvalue weighted by molar-refractivity contribution is 6.32. The fourth-order valence-corrected chi connectivity index (χ4v) is 6.16. The van der Waals surface area contributed by atoms with Gasteiger partial charge in [-0.25, -0.2) is 4.98 Å². The van der Waals surface area contributed by atoms with E-state index >= 15 is 0 Å². The minimum Gasteiger partial charge on any atom is -0.494 e. The third-order valence-corrected chi connectivity index (χ3v) is 7.91. The molecule has 5 atom stereocenters. The molecular formula is C26H33ClN6O3. The van der Waals surface area contributed by atoms with Crippen molar-refractivity contribution >= 4 is 35.0 Å². The van der Waals surface area contributed by atoms with Crippen LogP contribution in [0.2, 0.25) is 5.02 Å². The van der Waals surface area contributed by atoms with Gasteiger partial charge >= 0.3 is 0 Å². The van der Waals surface area contributed by atoms with Crippen molar-refractivity contribution in [2.24, 2.45) is 23.5 Å². The molecule has 2 aromatic rings. The van der Waals surface area contributed by atoms with Crippen molar-refractivity contribution in [2.75, 3.05) is 30.9 Å². The van der Waals surface area contributed by atoms with Crippen LogP contribution in [0.5, 0.6) is 5.75 Å². The molecule has 0 radical (unpaired) electrons. The number of nitrogens with two attached hydrogens (primary N) is 1. The first-order valence-corrected chi connectivity index (χ1v) is 12.9. The SMILES string of the molecule is COc1c(Nc2ncc(Cl)c(N[C@H]3[C@@H](C(N)=O)[C@@H]4C=C[C@H]3C4)n2)ccc2c1CCCC(NCCO)C2. The maximum atomic E-state index is 12.1. The first-order valence-electron chi connectivity index (χ1n) is 12.5. The van der Waals surface area contributed by atoms with Crippen molar-refractivity contribution in [3.05, 3.63) is 46.6 Å². The van der Waals surface area contributed by atoms with Gasteiger partial charge in [0.15, 0.2) is 5.82 Å². The predicted molar refractivity (Wildman–Crippen MR) is 140 cm³/mol. The third-order valence-electron chi connectivity index (χ3n) is 7.63. The average molecular weight is 513 g/mol. The largest absolute Gasteiger partial charge is 0.494 e. The number of primary amides is 1. The van der Waals surface area contributed by atoms with E-state index in [1.54, 1.807) is 13.3 Å². The van der Waals surface area contributed by atoms with E-state index in [1.807, 2.05) is 6.07 Å². The number of benzene rings is 1. The van der Waals surface area contributed by atoms with E-state index in [1.165, 1.54) is 11.1 Å². The van der Waals surface area contributed by atoms with Crippen molar-refractivity contribution in [1.29, 1.82) is 0 Å². The Morgan fingerprint density at radius 3 is 2.92 bits per heavy atom. The van der Waals surface area contributed by atoms with Crippen LogP contribution in [0.15, 0.2) is 30.5 Å². The van der Waals surface area contributed by atoms with Gasteiger partial charge in [-0.3, -0.25) is 4.79 Å². The van der Waals surface area contributed by atoms with Gasteiger partial charge in [-0.1, -0.05) is 29.8 Å². The van der Waals surface area contributed by atoms with E-state index in [4.69, 9.17) is 27.2 Å². The van der Waals surface area contributed by atoms with Crippen LogP contribution in [0.4, 0.5) is 17.5 Å². The monoisotopic (exact) mass is 512 g/mol. The molecule has 10 heteroatoms. The first-order chi connectivity index (χ1) is 17.5. The van der Waals surface area contributed by atoms with Gasteiger partial charge < -0.3 is 31.5 Å². The number of hydrogen-bond acceptors (Lipinski definition) is 8. The first kappa shape index (κ1) is 24.8. The second-order valence-corrected chi connectivity index (χ2v) is 10.2. The fourth-order valence-electron chi connectivity index (χ4n) is 6.01. The van der Waals surface area contributed by atoms with Gasteiger partial charge in [0, 0.05) is 18.6 Å². The number of hydrogen-bond donors (Lipinski definition) is 5. The summed E-state index contributed by atoms with van der Waals surface area (Å²) in [5.41, 5.74) is 8.92. The molecule has 0 spiro atoms. The number of carbonyl (C=O) groups is 1. The molecule has 1 heterocycles. The Hall–Kier alpha value is -2.88. The zero-order valence-corrected chi connectivity index (χ0v) is 21.1. The van der Waals surface area contributed by atoms with Crippen molar-refractivity contribution in [3.8, 4) is 5.75 Å². The molecule has 1 aromatic heterocycles. The number of allylic oxidation sites excluding steroid dienone is 1. The minimum atomic E-state index is -0.309. The summed E-state index contributed by atoms with van der Waals surface area (Å²) in [7, 11) is 1.68. The Kier molecular flexibility index (Phi) is 7.32. The standard InChI is InChI=1S/C26H33ClN6O3/c1-36-23-18-4-2-3-17(29-9-10-34)12-14(18)7-8-20(23)31-26-30-13-19(27)25(33-26)32-22-16-6-5-15(11-16)21(22)24(28)35/h5-8,13,15-17,21-22,29,34H,2-4,9-12H2,1H3,(H2,28,35)(H2,30,31,32,33)/t15-,16+,17?,21+,22-/m1/s1. The number of anilines is 3. The zero-order valence-electron chi connectivity index (χ0n) is 20.3. The summed E-state index contributed by atoms with van der Waals surface area (Å²) in [5.74, 6) is 1.42. The quantitative estimate of drug-likeness (QED) is 0.256. The van der Waals surface area contributed by atoms with Gasteiger partial charge in [0.2, 0.25) is 11.9 Å². The number of aliphatic hydroxyl groups excluding tert-OH is 1. The Morgan fingerprint density at radius 1 is 1.31 bits per heavy atom. The Morgan fingerprint density at radius 2 is 2.14 bits per heavy atom. The molecule has 1 aromatic carbocycles. The molecule has 5 rings (SSSR count). The van der Waals surface area contributed by atoms with Gasteiger partial charge in [0.05, 0.1) is 31.5 Å². The lowest BCUT2D eigenvalue weighted by Gasteiger charge is -2.27. The number of nitrogens with one attached hydrogen (secondary N) is 3. The van der Waals surface area contributed by atoms with Crippen molar-refractivity contribution in [1.82, 2.24) is 15.3 Å². The molecular weight excluding hydrogens is 480 g/mol. The number of amides is 1. The van der Waals surface area contributed by atoms with Crippen LogP contribution in [0.3, 0.4) is 0 Å². The highest BCUT2D eigenvalue weighted by Gasteiger charge is 2.47. The molecule has 36 heavy (non-hydrogen) atoms. The Bertz CT molecular complexity index is 1160. The lowest BCUT2D eigenvalue weighted by atomic mass is 9.88. The number of aliphatic hydroxyl groups is 1.